The molecule has 27 heavy (non-hydrogen) atoms. The Morgan fingerprint density at radius 3 is 2.52 bits per heavy atom. The highest BCUT2D eigenvalue weighted by molar-refractivity contribution is 8.00. The van der Waals surface area contributed by atoms with E-state index < -0.39 is 5.97 Å². The van der Waals surface area contributed by atoms with E-state index in [0.717, 1.165) is 10.3 Å². The van der Waals surface area contributed by atoms with Crippen LogP contribution in [0.1, 0.15) is 46.0 Å². The van der Waals surface area contributed by atoms with Gasteiger partial charge in [-0.05, 0) is 56.2 Å². The second kappa shape index (κ2) is 8.01. The van der Waals surface area contributed by atoms with E-state index >= 15 is 0 Å². The van der Waals surface area contributed by atoms with Crippen LogP contribution >= 0.6 is 11.8 Å². The van der Waals surface area contributed by atoms with Crippen LogP contribution in [0.5, 0.6) is 0 Å². The minimum Gasteiger partial charge on any atom is -0.462 e. The van der Waals surface area contributed by atoms with Gasteiger partial charge in [0.25, 0.3) is 0 Å². The van der Waals surface area contributed by atoms with Gasteiger partial charge in [0.15, 0.2) is 5.78 Å². The molecule has 0 saturated carbocycles. The molecule has 0 radical (unpaired) electrons. The Hall–Kier alpha value is -2.53. The Labute approximate surface area is 163 Å². The van der Waals surface area contributed by atoms with Crippen LogP contribution in [0, 0.1) is 13.8 Å². The fourth-order valence-electron chi connectivity index (χ4n) is 3.21. The average Bonchev–Trinajstić information content (AvgIpc) is 2.95. The number of fused-ring (bicyclic) bond motifs is 1. The summed E-state index contributed by atoms with van der Waals surface area (Å²) in [4.78, 5) is 29.3. The number of nitrogens with one attached hydrogen (secondary N) is 1. The zero-order chi connectivity index (χ0) is 19.6. The molecule has 0 fully saturated rings. The van der Waals surface area contributed by atoms with Gasteiger partial charge < -0.3 is 9.72 Å². The van der Waals surface area contributed by atoms with Crippen LogP contribution in [0.15, 0.2) is 47.4 Å². The van der Waals surface area contributed by atoms with Gasteiger partial charge >= 0.3 is 5.97 Å². The number of ether oxygens (including phenoxy) is 1. The number of ketones is 1. The molecule has 0 aliphatic rings. The van der Waals surface area contributed by atoms with Crippen LogP contribution in [0.3, 0.4) is 0 Å². The maximum atomic E-state index is 13.0. The van der Waals surface area contributed by atoms with Crippen molar-refractivity contribution in [3.8, 4) is 0 Å². The molecule has 140 valence electrons. The molecule has 3 aromatic rings. The number of carbonyl (C=O) groups is 2. The molecule has 0 bridgehead atoms. The lowest BCUT2D eigenvalue weighted by molar-refractivity contribution is 0.0525. The van der Waals surface area contributed by atoms with Crippen LogP contribution in [-0.4, -0.2) is 28.6 Å². The van der Waals surface area contributed by atoms with Gasteiger partial charge in [-0.15, -0.1) is 11.8 Å². The summed E-state index contributed by atoms with van der Waals surface area (Å²) in [7, 11) is 0. The van der Waals surface area contributed by atoms with Gasteiger partial charge in [0.05, 0.1) is 23.1 Å². The molecule has 2 aromatic carbocycles. The molecule has 3 rings (SSSR count). The molecule has 4 nitrogen and oxygen atoms in total. The monoisotopic (exact) mass is 381 g/mol. The second-order valence-corrected chi connectivity index (χ2v) is 7.89. The molecule has 1 atom stereocenters. The van der Waals surface area contributed by atoms with E-state index in [2.05, 4.69) is 29.2 Å². The van der Waals surface area contributed by atoms with Crippen LogP contribution in [-0.2, 0) is 4.74 Å². The first kappa shape index (κ1) is 19.2. The number of aryl methyl sites for hydroxylation is 1. The van der Waals surface area contributed by atoms with Crippen molar-refractivity contribution < 1.29 is 14.3 Å². The lowest BCUT2D eigenvalue weighted by Gasteiger charge is -2.11. The van der Waals surface area contributed by atoms with E-state index in [-0.39, 0.29) is 11.0 Å². The van der Waals surface area contributed by atoms with E-state index in [4.69, 9.17) is 4.74 Å². The molecule has 0 saturated heterocycles. The Kier molecular flexibility index (Phi) is 5.71. The van der Waals surface area contributed by atoms with Crippen molar-refractivity contribution in [2.75, 3.05) is 6.61 Å². The van der Waals surface area contributed by atoms with Gasteiger partial charge in [-0.3, -0.25) is 4.79 Å². The van der Waals surface area contributed by atoms with E-state index in [1.807, 2.05) is 25.1 Å². The summed E-state index contributed by atoms with van der Waals surface area (Å²) in [5, 5.41) is 2.05. The number of benzene rings is 2. The van der Waals surface area contributed by atoms with E-state index in [9.17, 15) is 9.59 Å². The summed E-state index contributed by atoms with van der Waals surface area (Å²) in [6.07, 6.45) is 0. The van der Waals surface area contributed by atoms with Crippen molar-refractivity contribution in [3.63, 3.8) is 0 Å². The molecule has 0 aliphatic heterocycles. The molecule has 1 N–H and O–H groups in total. The molecule has 0 aliphatic carbocycles. The number of aromatic nitrogens is 1. The molecule has 5 heteroatoms. The topological polar surface area (TPSA) is 59.2 Å². The summed E-state index contributed by atoms with van der Waals surface area (Å²) < 4.78 is 5.10. The molecule has 0 amide bonds. The largest absolute Gasteiger partial charge is 0.462 e. The summed E-state index contributed by atoms with van der Waals surface area (Å²) in [5.74, 6) is -0.415. The number of thioether (sulfide) groups is 1. The quantitative estimate of drug-likeness (QED) is 0.356. The molecule has 0 unspecified atom stereocenters. The Bertz CT molecular complexity index is 1010. The van der Waals surface area contributed by atoms with Crippen LogP contribution in [0.4, 0.5) is 0 Å². The number of esters is 1. The van der Waals surface area contributed by atoms with Crippen molar-refractivity contribution >= 4 is 34.3 Å². The number of carbonyl (C=O) groups excluding carboxylic acids is 2. The number of aromatic amines is 1. The maximum Gasteiger partial charge on any atom is 0.340 e. The van der Waals surface area contributed by atoms with Gasteiger partial charge in [-0.25, -0.2) is 4.79 Å². The van der Waals surface area contributed by atoms with Crippen molar-refractivity contribution in [2.24, 2.45) is 0 Å². The first-order valence-electron chi connectivity index (χ1n) is 8.98. The fourth-order valence-corrected chi connectivity index (χ4v) is 4.18. The number of Topliss-reactive ketones (excluding diaryl/α,β-unsaturated/α-hetero) is 1. The van der Waals surface area contributed by atoms with E-state index in [1.54, 1.807) is 20.8 Å². The molecule has 1 aromatic heterocycles. The highest BCUT2D eigenvalue weighted by Gasteiger charge is 2.26. The number of H-pyrrole nitrogens is 1. The lowest BCUT2D eigenvalue weighted by Crippen LogP contribution is -2.15. The molecular formula is C22H23NO3S. The first-order chi connectivity index (χ1) is 12.9. The molecular weight excluding hydrogens is 358 g/mol. The standard InChI is InChI=1S/C22H23NO3S/c1-5-26-22(25)19-13(2)20(23-14(19)3)21(24)15(4)27-18-11-10-16-8-6-7-9-17(16)12-18/h6-12,15,23H,5H2,1-4H3/t15-/m0/s1. The van der Waals surface area contributed by atoms with Crippen LogP contribution in [0.25, 0.3) is 10.8 Å². The first-order valence-corrected chi connectivity index (χ1v) is 9.86. The predicted octanol–water partition coefficient (Wildman–Crippen LogP) is 5.32. The smallest absolute Gasteiger partial charge is 0.340 e. The zero-order valence-electron chi connectivity index (χ0n) is 16.0. The minimum atomic E-state index is -0.391. The van der Waals surface area contributed by atoms with Gasteiger partial charge in [-0.1, -0.05) is 30.3 Å². The zero-order valence-corrected chi connectivity index (χ0v) is 16.8. The van der Waals surface area contributed by atoms with Crippen molar-refractivity contribution in [3.05, 3.63) is 65.0 Å². The fraction of sp³-hybridized carbons (Fsp3) is 0.273. The van der Waals surface area contributed by atoms with Crippen LogP contribution in [0.2, 0.25) is 0 Å². The Balaban J connectivity index is 1.82. The third kappa shape index (κ3) is 3.93. The Morgan fingerprint density at radius 1 is 1.11 bits per heavy atom. The van der Waals surface area contributed by atoms with E-state index in [0.29, 0.717) is 29.1 Å². The maximum absolute atomic E-state index is 13.0. The highest BCUT2D eigenvalue weighted by atomic mass is 32.2. The van der Waals surface area contributed by atoms with Gasteiger partial charge in [0.2, 0.25) is 0 Å². The summed E-state index contributed by atoms with van der Waals surface area (Å²) in [5.41, 5.74) is 2.26. The number of hydrogen-bond acceptors (Lipinski definition) is 4. The molecule has 1 heterocycles. The second-order valence-electron chi connectivity index (χ2n) is 6.48. The van der Waals surface area contributed by atoms with Crippen molar-refractivity contribution in [2.45, 2.75) is 37.8 Å². The lowest BCUT2D eigenvalue weighted by atomic mass is 10.1. The number of rotatable bonds is 6. The van der Waals surface area contributed by atoms with Gasteiger partial charge in [0, 0.05) is 10.6 Å². The van der Waals surface area contributed by atoms with Crippen molar-refractivity contribution in [1.82, 2.24) is 4.98 Å². The van der Waals surface area contributed by atoms with Crippen molar-refractivity contribution in [1.29, 1.82) is 0 Å². The third-order valence-electron chi connectivity index (χ3n) is 4.57. The minimum absolute atomic E-state index is 0.0238. The van der Waals surface area contributed by atoms with Crippen LogP contribution < -0.4 is 0 Å². The SMILES string of the molecule is CCOC(=O)c1c(C)[nH]c(C(=O)[C@H](C)Sc2ccc3ccccc3c2)c1C. The average molecular weight is 381 g/mol. The Morgan fingerprint density at radius 2 is 1.81 bits per heavy atom. The summed E-state index contributed by atoms with van der Waals surface area (Å²) >= 11 is 1.52. The van der Waals surface area contributed by atoms with Gasteiger partial charge in [-0.2, -0.15) is 0 Å². The highest BCUT2D eigenvalue weighted by Crippen LogP contribution is 2.30. The van der Waals surface area contributed by atoms with Gasteiger partial charge in [0.1, 0.15) is 0 Å². The number of hydrogen-bond donors (Lipinski definition) is 1. The third-order valence-corrected chi connectivity index (χ3v) is 5.66. The molecule has 0 spiro atoms. The summed E-state index contributed by atoms with van der Waals surface area (Å²) in [6, 6.07) is 14.4. The normalized spacial score (nSPS) is 12.1. The predicted molar refractivity (Wildman–Crippen MR) is 110 cm³/mol. The van der Waals surface area contributed by atoms with E-state index in [1.165, 1.54) is 17.1 Å². The summed E-state index contributed by atoms with van der Waals surface area (Å²) in [6.45, 7) is 7.54.